The van der Waals surface area contributed by atoms with Crippen molar-refractivity contribution in [2.75, 3.05) is 18.1 Å². The van der Waals surface area contributed by atoms with E-state index in [-0.39, 0.29) is 12.3 Å². The van der Waals surface area contributed by atoms with Gasteiger partial charge in [-0.05, 0) is 12.1 Å². The van der Waals surface area contributed by atoms with Gasteiger partial charge < -0.3 is 15.2 Å². The quantitative estimate of drug-likeness (QED) is 0.827. The Bertz CT molecular complexity index is 662. The largest absolute Gasteiger partial charge is 0.482 e. The molecule has 1 aliphatic rings. The number of ether oxygens (including phenoxy) is 1. The number of rotatable bonds is 5. The first-order valence-corrected chi connectivity index (χ1v) is 6.78. The number of carboxylic acid groups (broad SMARTS) is 1. The van der Waals surface area contributed by atoms with Crippen LogP contribution < -0.4 is 15.0 Å². The zero-order chi connectivity index (χ0) is 17.9. The molecule has 1 aromatic carbocycles. The highest BCUT2D eigenvalue weighted by Gasteiger charge is 2.37. The molecule has 2 rings (SSSR count). The normalized spacial score (nSPS) is 15.3. The maximum atomic E-state index is 12.3. The highest BCUT2D eigenvalue weighted by atomic mass is 19.4. The third-order valence-corrected chi connectivity index (χ3v) is 3.18. The smallest absolute Gasteiger partial charge is 0.391 e. The standard InChI is InChI=1S/C14H13F3N2O5/c15-14(16,17)5-8(13(22)23)18-11(20)6-19-9-3-1-2-4-10(9)24-7-12(19)21/h1-4,8H,5-7H2,(H,18,20)(H,22,23). The van der Waals surface area contributed by atoms with E-state index < -0.39 is 43.0 Å². The number of alkyl halides is 3. The lowest BCUT2D eigenvalue weighted by Crippen LogP contribution is -2.50. The fourth-order valence-corrected chi connectivity index (χ4v) is 2.14. The number of nitrogens with zero attached hydrogens (tertiary/aromatic N) is 1. The summed E-state index contributed by atoms with van der Waals surface area (Å²) >= 11 is 0. The van der Waals surface area contributed by atoms with Crippen molar-refractivity contribution in [3.8, 4) is 5.75 Å². The molecule has 0 fully saturated rings. The number of anilines is 1. The Labute approximate surface area is 134 Å². The molecule has 1 unspecified atom stereocenters. The number of halogens is 3. The van der Waals surface area contributed by atoms with Gasteiger partial charge in [0.15, 0.2) is 6.61 Å². The third kappa shape index (κ3) is 4.37. The van der Waals surface area contributed by atoms with Gasteiger partial charge in [0.25, 0.3) is 5.91 Å². The predicted molar refractivity (Wildman–Crippen MR) is 74.5 cm³/mol. The van der Waals surface area contributed by atoms with Crippen LogP contribution in [0.4, 0.5) is 18.9 Å². The van der Waals surface area contributed by atoms with Gasteiger partial charge in [-0.15, -0.1) is 0 Å². The zero-order valence-electron chi connectivity index (χ0n) is 12.2. The number of carboxylic acids is 1. The van der Waals surface area contributed by atoms with Crippen LogP contribution in [0, 0.1) is 0 Å². The summed E-state index contributed by atoms with van der Waals surface area (Å²) in [5.41, 5.74) is 0.284. The first kappa shape index (κ1) is 17.6. The lowest BCUT2D eigenvalue weighted by atomic mass is 10.2. The molecule has 1 aromatic rings. The van der Waals surface area contributed by atoms with E-state index in [0.717, 1.165) is 4.90 Å². The van der Waals surface area contributed by atoms with Crippen molar-refractivity contribution < 1.29 is 37.4 Å². The van der Waals surface area contributed by atoms with E-state index in [4.69, 9.17) is 9.84 Å². The van der Waals surface area contributed by atoms with Crippen LogP contribution in [0.25, 0.3) is 0 Å². The number of nitrogens with one attached hydrogen (secondary N) is 1. The van der Waals surface area contributed by atoms with Crippen molar-refractivity contribution in [1.29, 1.82) is 0 Å². The van der Waals surface area contributed by atoms with E-state index in [1.807, 2.05) is 0 Å². The molecular formula is C14H13F3N2O5. The number of hydrogen-bond acceptors (Lipinski definition) is 4. The van der Waals surface area contributed by atoms with E-state index in [1.165, 1.54) is 6.07 Å². The van der Waals surface area contributed by atoms with Crippen LogP contribution in [0.2, 0.25) is 0 Å². The van der Waals surface area contributed by atoms with Crippen molar-refractivity contribution in [2.45, 2.75) is 18.6 Å². The molecule has 24 heavy (non-hydrogen) atoms. The Balaban J connectivity index is 2.08. The van der Waals surface area contributed by atoms with Crippen LogP contribution in [0.3, 0.4) is 0 Å². The van der Waals surface area contributed by atoms with Gasteiger partial charge in [-0.2, -0.15) is 13.2 Å². The average molecular weight is 346 g/mol. The van der Waals surface area contributed by atoms with Crippen molar-refractivity contribution >= 4 is 23.5 Å². The number of aliphatic carboxylic acids is 1. The second-order valence-electron chi connectivity index (χ2n) is 5.01. The maximum absolute atomic E-state index is 12.3. The molecular weight excluding hydrogens is 333 g/mol. The summed E-state index contributed by atoms with van der Waals surface area (Å²) in [6.07, 6.45) is -6.46. The van der Waals surface area contributed by atoms with E-state index in [9.17, 15) is 27.6 Å². The Morgan fingerprint density at radius 2 is 2.00 bits per heavy atom. The molecule has 2 amide bonds. The molecule has 0 radical (unpaired) electrons. The van der Waals surface area contributed by atoms with Crippen LogP contribution in [0.15, 0.2) is 24.3 Å². The summed E-state index contributed by atoms with van der Waals surface area (Å²) in [5, 5.41) is 10.6. The van der Waals surface area contributed by atoms with Crippen molar-refractivity contribution in [2.24, 2.45) is 0 Å². The zero-order valence-corrected chi connectivity index (χ0v) is 12.2. The number of amides is 2. The summed E-state index contributed by atoms with van der Waals surface area (Å²) < 4.78 is 42.2. The molecule has 1 aliphatic heterocycles. The van der Waals surface area contributed by atoms with Gasteiger partial charge in [0.05, 0.1) is 12.1 Å². The fourth-order valence-electron chi connectivity index (χ4n) is 2.14. The van der Waals surface area contributed by atoms with Gasteiger partial charge in [-0.3, -0.25) is 14.5 Å². The first-order valence-electron chi connectivity index (χ1n) is 6.78. The minimum absolute atomic E-state index is 0.284. The number of carbonyl (C=O) groups excluding carboxylic acids is 2. The monoisotopic (exact) mass is 346 g/mol. The van der Waals surface area contributed by atoms with Crippen molar-refractivity contribution in [3.05, 3.63) is 24.3 Å². The second kappa shape index (κ2) is 6.77. The topological polar surface area (TPSA) is 95.9 Å². The van der Waals surface area contributed by atoms with E-state index in [0.29, 0.717) is 5.75 Å². The Hall–Kier alpha value is -2.78. The number of para-hydroxylation sites is 2. The molecule has 0 saturated heterocycles. The Kier molecular flexibility index (Phi) is 4.96. The third-order valence-electron chi connectivity index (χ3n) is 3.18. The lowest BCUT2D eigenvalue weighted by Gasteiger charge is -2.29. The summed E-state index contributed by atoms with van der Waals surface area (Å²) in [6.45, 7) is -0.934. The Morgan fingerprint density at radius 3 is 2.62 bits per heavy atom. The van der Waals surface area contributed by atoms with E-state index >= 15 is 0 Å². The molecule has 130 valence electrons. The number of hydrogen-bond donors (Lipinski definition) is 2. The minimum Gasteiger partial charge on any atom is -0.482 e. The summed E-state index contributed by atoms with van der Waals surface area (Å²) in [5.74, 6) is -3.05. The van der Waals surface area contributed by atoms with Crippen molar-refractivity contribution in [1.82, 2.24) is 5.32 Å². The maximum Gasteiger partial charge on any atom is 0.391 e. The van der Waals surface area contributed by atoms with Gasteiger partial charge in [-0.25, -0.2) is 4.79 Å². The van der Waals surface area contributed by atoms with Gasteiger partial charge in [0, 0.05) is 0 Å². The molecule has 7 nitrogen and oxygen atoms in total. The van der Waals surface area contributed by atoms with E-state index in [1.54, 1.807) is 23.5 Å². The van der Waals surface area contributed by atoms with Gasteiger partial charge in [0.2, 0.25) is 5.91 Å². The molecule has 0 aromatic heterocycles. The van der Waals surface area contributed by atoms with Crippen LogP contribution in [-0.2, 0) is 14.4 Å². The van der Waals surface area contributed by atoms with Crippen LogP contribution in [-0.4, -0.2) is 48.3 Å². The van der Waals surface area contributed by atoms with Crippen LogP contribution in [0.1, 0.15) is 6.42 Å². The summed E-state index contributed by atoms with van der Waals surface area (Å²) in [4.78, 5) is 35.6. The highest BCUT2D eigenvalue weighted by Crippen LogP contribution is 2.31. The number of benzene rings is 1. The summed E-state index contributed by atoms with van der Waals surface area (Å²) in [6, 6.07) is 4.19. The second-order valence-corrected chi connectivity index (χ2v) is 5.01. The molecule has 1 heterocycles. The van der Waals surface area contributed by atoms with Gasteiger partial charge >= 0.3 is 12.1 Å². The minimum atomic E-state index is -4.75. The molecule has 2 N–H and O–H groups in total. The number of carbonyl (C=O) groups is 3. The SMILES string of the molecule is O=C(CN1C(=O)COc2ccccc21)NC(CC(F)(F)F)C(=O)O. The van der Waals surface area contributed by atoms with Crippen LogP contribution >= 0.6 is 0 Å². The molecule has 0 aliphatic carbocycles. The summed E-state index contributed by atoms with van der Waals surface area (Å²) in [7, 11) is 0. The molecule has 0 saturated carbocycles. The lowest BCUT2D eigenvalue weighted by molar-refractivity contribution is -0.159. The average Bonchev–Trinajstić information content (AvgIpc) is 2.48. The van der Waals surface area contributed by atoms with Gasteiger partial charge in [-0.1, -0.05) is 12.1 Å². The van der Waals surface area contributed by atoms with E-state index in [2.05, 4.69) is 0 Å². The van der Waals surface area contributed by atoms with Crippen molar-refractivity contribution in [3.63, 3.8) is 0 Å². The first-order chi connectivity index (χ1) is 11.2. The molecule has 0 spiro atoms. The molecule has 10 heteroatoms. The van der Waals surface area contributed by atoms with Gasteiger partial charge in [0.1, 0.15) is 18.3 Å². The highest BCUT2D eigenvalue weighted by molar-refractivity contribution is 6.02. The predicted octanol–water partition coefficient (Wildman–Crippen LogP) is 0.934. The Morgan fingerprint density at radius 1 is 1.33 bits per heavy atom. The fraction of sp³-hybridized carbons (Fsp3) is 0.357. The number of fused-ring (bicyclic) bond motifs is 1. The molecule has 1 atom stereocenters. The van der Waals surface area contributed by atoms with Crippen LogP contribution in [0.5, 0.6) is 5.75 Å². The molecule has 0 bridgehead atoms.